The van der Waals surface area contributed by atoms with E-state index in [1.807, 2.05) is 0 Å². The maximum Gasteiger partial charge on any atom is 0.159 e. The number of fused-ring (bicyclic) bond motifs is 10. The summed E-state index contributed by atoms with van der Waals surface area (Å²) in [6.07, 6.45) is 13.3. The van der Waals surface area contributed by atoms with Crippen LogP contribution in [-0.2, 0) is 12.8 Å². The molecule has 2 aliphatic rings. The molecule has 0 amide bonds. The van der Waals surface area contributed by atoms with Crippen LogP contribution in [0.1, 0.15) is 35.1 Å². The van der Waals surface area contributed by atoms with Crippen LogP contribution < -0.4 is 9.80 Å². The van der Waals surface area contributed by atoms with Crippen molar-refractivity contribution in [2.45, 2.75) is 25.7 Å². The summed E-state index contributed by atoms with van der Waals surface area (Å²) in [7, 11) is 0. The lowest BCUT2D eigenvalue weighted by Crippen LogP contribution is -2.11. The fraction of sp³-hybridized carbons (Fsp3) is 0.0556. The van der Waals surface area contributed by atoms with Crippen molar-refractivity contribution in [1.29, 1.82) is 0 Å². The lowest BCUT2D eigenvalue weighted by molar-refractivity contribution is 0.669. The van der Waals surface area contributed by atoms with E-state index in [1.165, 1.54) is 54.6 Å². The van der Waals surface area contributed by atoms with Crippen molar-refractivity contribution in [2.75, 3.05) is 9.80 Å². The molecule has 76 heavy (non-hydrogen) atoms. The highest BCUT2D eigenvalue weighted by atomic mass is 16.3. The van der Waals surface area contributed by atoms with Gasteiger partial charge in [0.25, 0.3) is 0 Å². The number of para-hydroxylation sites is 4. The second-order valence-electron chi connectivity index (χ2n) is 20.5. The number of rotatable bonds is 8. The van der Waals surface area contributed by atoms with Crippen molar-refractivity contribution in [3.63, 3.8) is 0 Å². The normalized spacial score (nSPS) is 13.2. The third-order valence-electron chi connectivity index (χ3n) is 16.3. The van der Waals surface area contributed by atoms with E-state index < -0.39 is 0 Å². The predicted octanol–water partition coefficient (Wildman–Crippen LogP) is 20.6. The third-order valence-corrected chi connectivity index (χ3v) is 16.3. The molecule has 0 saturated heterocycles. The Morgan fingerprint density at radius 1 is 0.316 bits per heavy atom. The number of aryl methyl sites for hydroxylation is 2. The number of allylic oxidation sites excluding steroid dienone is 2. The average molecular weight is 973 g/mol. The molecule has 4 nitrogen and oxygen atoms in total. The number of anilines is 6. The van der Waals surface area contributed by atoms with Crippen LogP contribution in [0, 0.1) is 0 Å². The Balaban J connectivity index is 0.932. The number of hydrogen-bond acceptors (Lipinski definition) is 4. The van der Waals surface area contributed by atoms with Crippen molar-refractivity contribution in [1.82, 2.24) is 0 Å². The Bertz CT molecular complexity index is 4380. The monoisotopic (exact) mass is 972 g/mol. The van der Waals surface area contributed by atoms with Gasteiger partial charge in [0.2, 0.25) is 0 Å². The standard InChI is InChI=1S/C72H48N2O2/c1-5-19-45(20-6-1)59-43-49-23-13-15-29-53(49)67-57-31-17-33-63(69(57)75-71(59)67)73(51-25-9-3-10-26-51)61-41-37-47-36-40-56-62(42-38-48-35-39-55(61)65(47)66(48)56)74(52-27-11-4-12-28-52)64-34-18-32-58-68-54-30-16-14-24-50(54)44-60(72(68)76-70(58)64)46-21-7-2-8-22-46/h1-12,15-22,25-44H,13-14,23-24H2. The van der Waals surface area contributed by atoms with Gasteiger partial charge in [-0.05, 0) is 141 Å². The summed E-state index contributed by atoms with van der Waals surface area (Å²) in [6.45, 7) is 0. The summed E-state index contributed by atoms with van der Waals surface area (Å²) >= 11 is 0. The molecule has 0 unspecified atom stereocenters. The summed E-state index contributed by atoms with van der Waals surface area (Å²) < 4.78 is 14.6. The first kappa shape index (κ1) is 42.8. The predicted molar refractivity (Wildman–Crippen MR) is 320 cm³/mol. The zero-order valence-electron chi connectivity index (χ0n) is 41.6. The smallest absolute Gasteiger partial charge is 0.159 e. The topological polar surface area (TPSA) is 32.8 Å². The van der Waals surface area contributed by atoms with Gasteiger partial charge in [0, 0.05) is 54.8 Å². The van der Waals surface area contributed by atoms with Crippen LogP contribution in [0.4, 0.5) is 34.1 Å². The minimum Gasteiger partial charge on any atom is -0.453 e. The minimum atomic E-state index is 0.865. The molecule has 4 heteroatoms. The first-order valence-electron chi connectivity index (χ1n) is 26.6. The molecule has 0 bridgehead atoms. The lowest BCUT2D eigenvalue weighted by atomic mass is 9.89. The molecule has 0 radical (unpaired) electrons. The average Bonchev–Trinajstić information content (AvgIpc) is 4.19. The van der Waals surface area contributed by atoms with E-state index in [-0.39, 0.29) is 0 Å². The van der Waals surface area contributed by atoms with Gasteiger partial charge in [-0.3, -0.25) is 0 Å². The van der Waals surface area contributed by atoms with E-state index in [4.69, 9.17) is 8.83 Å². The molecule has 2 aliphatic carbocycles. The molecule has 0 fully saturated rings. The van der Waals surface area contributed by atoms with Crippen LogP contribution in [0.2, 0.25) is 0 Å². The minimum absolute atomic E-state index is 0.865. The van der Waals surface area contributed by atoms with Crippen molar-refractivity contribution in [2.24, 2.45) is 0 Å². The Labute approximate surface area is 439 Å². The van der Waals surface area contributed by atoms with Crippen molar-refractivity contribution in [3.8, 4) is 22.3 Å². The zero-order valence-corrected chi connectivity index (χ0v) is 41.6. The fourth-order valence-corrected chi connectivity index (χ4v) is 12.9. The van der Waals surface area contributed by atoms with Crippen LogP contribution in [-0.4, -0.2) is 0 Å². The quantitative estimate of drug-likeness (QED) is 0.142. The summed E-state index contributed by atoms with van der Waals surface area (Å²) in [6, 6.07) is 79.5. The highest BCUT2D eigenvalue weighted by Gasteiger charge is 2.29. The first-order chi connectivity index (χ1) is 37.7. The molecular formula is C72H48N2O2. The van der Waals surface area contributed by atoms with E-state index in [1.54, 1.807) is 0 Å². The largest absolute Gasteiger partial charge is 0.453 e. The molecular weight excluding hydrogens is 925 g/mol. The van der Waals surface area contributed by atoms with Crippen LogP contribution in [0.3, 0.4) is 0 Å². The van der Waals surface area contributed by atoms with Crippen LogP contribution in [0.5, 0.6) is 0 Å². The number of benzene rings is 12. The van der Waals surface area contributed by atoms with Gasteiger partial charge < -0.3 is 18.6 Å². The number of nitrogens with zero attached hydrogens (tertiary/aromatic N) is 2. The Kier molecular flexibility index (Phi) is 9.55. The van der Waals surface area contributed by atoms with Crippen LogP contribution in [0.15, 0.2) is 239 Å². The van der Waals surface area contributed by atoms with Crippen molar-refractivity contribution < 1.29 is 8.83 Å². The van der Waals surface area contributed by atoms with Crippen LogP contribution in [0.25, 0.3) is 111 Å². The molecule has 0 saturated carbocycles. The molecule has 0 atom stereocenters. The molecule has 358 valence electrons. The molecule has 0 spiro atoms. The lowest BCUT2D eigenvalue weighted by Gasteiger charge is -2.29. The SMILES string of the molecule is C1=Cc2c(cc(-c3ccccc3)c3oc4c(N(c5ccccc5)c5ccc6ccc7c(N(c8ccccc8)c8cccc9c8oc8c(-c%10ccccc%10)cc%10c(c89)C=CCC%10)ccc8ccc5c6c87)cccc4c23)CC1. The Morgan fingerprint density at radius 3 is 1.16 bits per heavy atom. The summed E-state index contributed by atoms with van der Waals surface area (Å²) in [5, 5.41) is 11.7. The van der Waals surface area contributed by atoms with E-state index in [0.29, 0.717) is 0 Å². The number of furan rings is 2. The molecule has 0 aliphatic heterocycles. The van der Waals surface area contributed by atoms with Gasteiger partial charge >= 0.3 is 0 Å². The second kappa shape index (κ2) is 17.0. The number of hydrogen-bond donors (Lipinski definition) is 0. The summed E-state index contributed by atoms with van der Waals surface area (Å²) in [5.41, 5.74) is 19.6. The fourth-order valence-electron chi connectivity index (χ4n) is 12.9. The van der Waals surface area contributed by atoms with Gasteiger partial charge in [-0.15, -0.1) is 0 Å². The van der Waals surface area contributed by atoms with E-state index in [0.717, 1.165) is 126 Å². The molecule has 0 N–H and O–H groups in total. The van der Waals surface area contributed by atoms with Crippen molar-refractivity contribution in [3.05, 3.63) is 253 Å². The van der Waals surface area contributed by atoms with Gasteiger partial charge in [-0.2, -0.15) is 0 Å². The van der Waals surface area contributed by atoms with E-state index >= 15 is 0 Å². The van der Waals surface area contributed by atoms with Gasteiger partial charge in [0.1, 0.15) is 11.2 Å². The Hall–Kier alpha value is -9.64. The second-order valence-corrected chi connectivity index (χ2v) is 20.5. The first-order valence-corrected chi connectivity index (χ1v) is 26.6. The third kappa shape index (κ3) is 6.44. The van der Waals surface area contributed by atoms with E-state index in [9.17, 15) is 0 Å². The van der Waals surface area contributed by atoms with Crippen LogP contribution >= 0.6 is 0 Å². The Morgan fingerprint density at radius 2 is 0.724 bits per heavy atom. The van der Waals surface area contributed by atoms with Gasteiger partial charge in [0.15, 0.2) is 11.2 Å². The molecule has 2 heterocycles. The van der Waals surface area contributed by atoms with Gasteiger partial charge in [0.05, 0.1) is 22.7 Å². The highest BCUT2D eigenvalue weighted by molar-refractivity contribution is 6.29. The van der Waals surface area contributed by atoms with Gasteiger partial charge in [-0.25, -0.2) is 0 Å². The molecule has 16 rings (SSSR count). The maximum absolute atomic E-state index is 7.32. The zero-order chi connectivity index (χ0) is 49.8. The summed E-state index contributed by atoms with van der Waals surface area (Å²) in [5.74, 6) is 0. The molecule has 12 aromatic carbocycles. The molecule has 2 aromatic heterocycles. The van der Waals surface area contributed by atoms with E-state index in [2.05, 4.69) is 252 Å². The van der Waals surface area contributed by atoms with Crippen molar-refractivity contribution >= 4 is 122 Å². The molecule has 14 aromatic rings. The summed E-state index contributed by atoms with van der Waals surface area (Å²) in [4.78, 5) is 4.83. The highest BCUT2D eigenvalue weighted by Crippen LogP contribution is 2.52. The van der Waals surface area contributed by atoms with Gasteiger partial charge in [-0.1, -0.05) is 182 Å². The maximum atomic E-state index is 7.32.